The average molecular weight is 247 g/mol. The zero-order chi connectivity index (χ0) is 12.9. The number of carbonyl (C=O) groups excluding carboxylic acids is 1. The van der Waals surface area contributed by atoms with Crippen molar-refractivity contribution in [3.05, 3.63) is 0 Å². The third-order valence-corrected chi connectivity index (χ3v) is 2.38. The van der Waals surface area contributed by atoms with Gasteiger partial charge in [0.15, 0.2) is 0 Å². The van der Waals surface area contributed by atoms with Crippen molar-refractivity contribution in [2.45, 2.75) is 38.6 Å². The number of rotatable bonds is 11. The molecule has 0 aliphatic heterocycles. The highest BCUT2D eigenvalue weighted by Gasteiger charge is 2.05. The second-order valence-corrected chi connectivity index (χ2v) is 3.90. The fourth-order valence-corrected chi connectivity index (χ4v) is 1.49. The summed E-state index contributed by atoms with van der Waals surface area (Å²) < 4.78 is 9.78. The molecule has 0 heterocycles. The van der Waals surface area contributed by atoms with Crippen molar-refractivity contribution in [1.82, 2.24) is 5.32 Å². The molecule has 0 rings (SSSR count). The van der Waals surface area contributed by atoms with E-state index in [0.29, 0.717) is 19.6 Å². The number of carbonyl (C=O) groups is 1. The van der Waals surface area contributed by atoms with Gasteiger partial charge in [-0.2, -0.15) is 0 Å². The molecular weight excluding hydrogens is 222 g/mol. The van der Waals surface area contributed by atoms with Crippen LogP contribution in [0.15, 0.2) is 0 Å². The van der Waals surface area contributed by atoms with Crippen molar-refractivity contribution >= 4 is 5.97 Å². The molecule has 0 aromatic carbocycles. The minimum atomic E-state index is -0.118. The molecule has 0 aromatic rings. The predicted molar refractivity (Wildman–Crippen MR) is 65.9 cm³/mol. The molecule has 0 spiro atoms. The van der Waals surface area contributed by atoms with Gasteiger partial charge in [0.25, 0.3) is 0 Å². The van der Waals surface area contributed by atoms with Crippen LogP contribution in [0.1, 0.15) is 32.6 Å². The van der Waals surface area contributed by atoms with E-state index in [-0.39, 0.29) is 18.6 Å². The summed E-state index contributed by atoms with van der Waals surface area (Å²) in [6.45, 7) is 3.69. The van der Waals surface area contributed by atoms with Gasteiger partial charge in [0.1, 0.15) is 0 Å². The molecule has 17 heavy (non-hydrogen) atoms. The lowest BCUT2D eigenvalue weighted by atomic mass is 10.2. The van der Waals surface area contributed by atoms with Crippen LogP contribution in [0.5, 0.6) is 0 Å². The molecule has 0 aliphatic rings. The predicted octanol–water partition coefficient (Wildman–Crippen LogP) is 0.707. The van der Waals surface area contributed by atoms with Crippen LogP contribution in [0, 0.1) is 0 Å². The minimum Gasteiger partial charge on any atom is -0.466 e. The molecule has 1 unspecified atom stereocenters. The molecular formula is C12H25NO4. The Labute approximate surface area is 103 Å². The summed E-state index contributed by atoms with van der Waals surface area (Å²) >= 11 is 0. The van der Waals surface area contributed by atoms with Crippen molar-refractivity contribution in [1.29, 1.82) is 0 Å². The standard InChI is InChI=1S/C12H25NO4/c1-3-17-12(15)7-5-4-6-8-13-11(9-14)10-16-2/h11,13-14H,3-10H2,1-2H3. The quantitative estimate of drug-likeness (QED) is 0.416. The van der Waals surface area contributed by atoms with Crippen molar-refractivity contribution in [3.63, 3.8) is 0 Å². The van der Waals surface area contributed by atoms with E-state index in [9.17, 15) is 4.79 Å². The molecule has 0 aliphatic carbocycles. The van der Waals surface area contributed by atoms with E-state index in [1.807, 2.05) is 6.92 Å². The van der Waals surface area contributed by atoms with E-state index in [1.54, 1.807) is 7.11 Å². The van der Waals surface area contributed by atoms with Crippen LogP contribution in [-0.4, -0.2) is 50.6 Å². The van der Waals surface area contributed by atoms with Gasteiger partial charge in [-0.15, -0.1) is 0 Å². The van der Waals surface area contributed by atoms with E-state index >= 15 is 0 Å². The number of hydrogen-bond acceptors (Lipinski definition) is 5. The Morgan fingerprint density at radius 3 is 2.71 bits per heavy atom. The SMILES string of the molecule is CCOC(=O)CCCCCNC(CO)COC. The number of unbranched alkanes of at least 4 members (excludes halogenated alkanes) is 2. The molecule has 5 heteroatoms. The first-order chi connectivity index (χ1) is 8.24. The smallest absolute Gasteiger partial charge is 0.305 e. The van der Waals surface area contributed by atoms with Crippen LogP contribution < -0.4 is 5.32 Å². The molecule has 102 valence electrons. The number of aliphatic hydroxyl groups is 1. The fraction of sp³-hybridized carbons (Fsp3) is 0.917. The lowest BCUT2D eigenvalue weighted by Crippen LogP contribution is -2.36. The van der Waals surface area contributed by atoms with E-state index in [4.69, 9.17) is 14.6 Å². The first-order valence-corrected chi connectivity index (χ1v) is 6.23. The summed E-state index contributed by atoms with van der Waals surface area (Å²) in [4.78, 5) is 11.0. The van der Waals surface area contributed by atoms with Crippen molar-refractivity contribution in [2.24, 2.45) is 0 Å². The van der Waals surface area contributed by atoms with Gasteiger partial charge < -0.3 is 19.9 Å². The highest BCUT2D eigenvalue weighted by Crippen LogP contribution is 2.01. The molecule has 0 fully saturated rings. The van der Waals surface area contributed by atoms with Crippen LogP contribution in [-0.2, 0) is 14.3 Å². The van der Waals surface area contributed by atoms with Gasteiger partial charge in [-0.05, 0) is 26.3 Å². The van der Waals surface area contributed by atoms with Crippen molar-refractivity contribution in [2.75, 3.05) is 33.5 Å². The third kappa shape index (κ3) is 10.2. The molecule has 5 nitrogen and oxygen atoms in total. The summed E-state index contributed by atoms with van der Waals surface area (Å²) in [7, 11) is 1.61. The van der Waals surface area contributed by atoms with Crippen LogP contribution in [0.3, 0.4) is 0 Å². The summed E-state index contributed by atoms with van der Waals surface area (Å²) in [5.74, 6) is -0.118. The molecule has 0 aromatic heterocycles. The summed E-state index contributed by atoms with van der Waals surface area (Å²) in [6.07, 6.45) is 3.32. The molecule has 0 amide bonds. The first-order valence-electron chi connectivity index (χ1n) is 6.23. The van der Waals surface area contributed by atoms with E-state index in [1.165, 1.54) is 0 Å². The van der Waals surface area contributed by atoms with Crippen LogP contribution in [0.4, 0.5) is 0 Å². The molecule has 2 N–H and O–H groups in total. The lowest BCUT2D eigenvalue weighted by Gasteiger charge is -2.14. The number of esters is 1. The van der Waals surface area contributed by atoms with Crippen LogP contribution in [0.2, 0.25) is 0 Å². The number of methoxy groups -OCH3 is 1. The summed E-state index contributed by atoms with van der Waals surface area (Å²) in [6, 6.07) is 0.00468. The molecule has 0 saturated heterocycles. The molecule has 0 radical (unpaired) electrons. The van der Waals surface area contributed by atoms with Gasteiger partial charge in [0.2, 0.25) is 0 Å². The Bertz CT molecular complexity index is 187. The molecule has 0 bridgehead atoms. The van der Waals surface area contributed by atoms with Crippen molar-refractivity contribution < 1.29 is 19.4 Å². The second kappa shape index (κ2) is 11.8. The van der Waals surface area contributed by atoms with E-state index < -0.39 is 0 Å². The first kappa shape index (κ1) is 16.4. The fourth-order valence-electron chi connectivity index (χ4n) is 1.49. The van der Waals surface area contributed by atoms with Crippen molar-refractivity contribution in [3.8, 4) is 0 Å². The maximum absolute atomic E-state index is 11.0. The van der Waals surface area contributed by atoms with Gasteiger partial charge in [0.05, 0.1) is 25.9 Å². The summed E-state index contributed by atoms with van der Waals surface area (Å²) in [5, 5.41) is 12.2. The molecule has 0 saturated carbocycles. The molecule has 1 atom stereocenters. The number of hydrogen-bond donors (Lipinski definition) is 2. The van der Waals surface area contributed by atoms with Gasteiger partial charge in [-0.1, -0.05) is 6.42 Å². The number of ether oxygens (including phenoxy) is 2. The van der Waals surface area contributed by atoms with Gasteiger partial charge in [-0.25, -0.2) is 0 Å². The Hall–Kier alpha value is -0.650. The highest BCUT2D eigenvalue weighted by atomic mass is 16.5. The van der Waals surface area contributed by atoms with Gasteiger partial charge >= 0.3 is 5.97 Å². The monoisotopic (exact) mass is 247 g/mol. The van der Waals surface area contributed by atoms with Gasteiger partial charge in [-0.3, -0.25) is 4.79 Å². The largest absolute Gasteiger partial charge is 0.466 e. The zero-order valence-electron chi connectivity index (χ0n) is 10.9. The van der Waals surface area contributed by atoms with Crippen LogP contribution in [0.25, 0.3) is 0 Å². The Balaban J connectivity index is 3.30. The lowest BCUT2D eigenvalue weighted by molar-refractivity contribution is -0.143. The van der Waals surface area contributed by atoms with E-state index in [2.05, 4.69) is 5.32 Å². The zero-order valence-corrected chi connectivity index (χ0v) is 10.9. The summed E-state index contributed by atoms with van der Waals surface area (Å²) in [5.41, 5.74) is 0. The third-order valence-electron chi connectivity index (χ3n) is 2.38. The average Bonchev–Trinajstić information content (AvgIpc) is 2.32. The maximum Gasteiger partial charge on any atom is 0.305 e. The Morgan fingerprint density at radius 1 is 1.35 bits per heavy atom. The highest BCUT2D eigenvalue weighted by molar-refractivity contribution is 5.69. The normalized spacial score (nSPS) is 12.4. The minimum absolute atomic E-state index is 0.00468. The van der Waals surface area contributed by atoms with Crippen LogP contribution >= 0.6 is 0 Å². The topological polar surface area (TPSA) is 67.8 Å². The Kier molecular flexibility index (Phi) is 11.4. The number of nitrogens with one attached hydrogen (secondary N) is 1. The Morgan fingerprint density at radius 2 is 2.12 bits per heavy atom. The number of aliphatic hydroxyl groups excluding tert-OH is 1. The maximum atomic E-state index is 11.0. The second-order valence-electron chi connectivity index (χ2n) is 3.90. The van der Waals surface area contributed by atoms with Gasteiger partial charge in [0, 0.05) is 13.5 Å². The van der Waals surface area contributed by atoms with E-state index in [0.717, 1.165) is 25.8 Å².